The fourth-order valence-corrected chi connectivity index (χ4v) is 2.75. The van der Waals surface area contributed by atoms with Crippen molar-refractivity contribution in [1.29, 1.82) is 0 Å². The van der Waals surface area contributed by atoms with Gasteiger partial charge >= 0.3 is 6.03 Å². The standard InChI is InChI=1S/C22H29N3O4/c1-15(2)24-22(27)25-18-8-5-16(6-9-18)14-23-21(26)12-7-17-13-19(28-3)10-11-20(17)29-4/h5-6,8-11,13,15H,7,12,14H2,1-4H3,(H,23,26)(H2,24,25,27). The second-order valence-corrected chi connectivity index (χ2v) is 6.90. The predicted molar refractivity (Wildman–Crippen MR) is 113 cm³/mol. The van der Waals surface area contributed by atoms with Gasteiger partial charge < -0.3 is 25.4 Å². The summed E-state index contributed by atoms with van der Waals surface area (Å²) in [5, 5.41) is 8.44. The van der Waals surface area contributed by atoms with E-state index in [9.17, 15) is 9.59 Å². The predicted octanol–water partition coefficient (Wildman–Crippen LogP) is 3.48. The van der Waals surface area contributed by atoms with Crippen LogP contribution in [0.1, 0.15) is 31.4 Å². The van der Waals surface area contributed by atoms with E-state index in [2.05, 4.69) is 16.0 Å². The maximum absolute atomic E-state index is 12.2. The Hall–Kier alpha value is -3.22. The number of carbonyl (C=O) groups excluding carboxylic acids is 2. The molecule has 2 rings (SSSR count). The summed E-state index contributed by atoms with van der Waals surface area (Å²) in [7, 11) is 3.21. The van der Waals surface area contributed by atoms with Crippen LogP contribution in [-0.2, 0) is 17.8 Å². The van der Waals surface area contributed by atoms with Crippen LogP contribution in [0.15, 0.2) is 42.5 Å². The maximum atomic E-state index is 12.2. The lowest BCUT2D eigenvalue weighted by Crippen LogP contribution is -2.34. The number of carbonyl (C=O) groups is 2. The van der Waals surface area contributed by atoms with Crippen LogP contribution in [-0.4, -0.2) is 32.2 Å². The molecule has 7 nitrogen and oxygen atoms in total. The van der Waals surface area contributed by atoms with Crippen molar-refractivity contribution >= 4 is 17.6 Å². The zero-order valence-electron chi connectivity index (χ0n) is 17.4. The molecule has 156 valence electrons. The average Bonchev–Trinajstić information content (AvgIpc) is 2.70. The normalized spacial score (nSPS) is 10.4. The van der Waals surface area contributed by atoms with Crippen molar-refractivity contribution in [2.45, 2.75) is 39.3 Å². The Labute approximate surface area is 171 Å². The van der Waals surface area contributed by atoms with Gasteiger partial charge in [-0.2, -0.15) is 0 Å². The van der Waals surface area contributed by atoms with Crippen LogP contribution in [0.25, 0.3) is 0 Å². The molecule has 3 amide bonds. The Balaban J connectivity index is 1.81. The Bertz CT molecular complexity index is 819. The quantitative estimate of drug-likeness (QED) is 0.602. The Morgan fingerprint density at radius 2 is 1.72 bits per heavy atom. The van der Waals surface area contributed by atoms with Gasteiger partial charge in [-0.1, -0.05) is 12.1 Å². The highest BCUT2D eigenvalue weighted by atomic mass is 16.5. The number of benzene rings is 2. The number of aryl methyl sites for hydroxylation is 1. The number of amides is 3. The lowest BCUT2D eigenvalue weighted by Gasteiger charge is -2.11. The van der Waals surface area contributed by atoms with Crippen molar-refractivity contribution in [1.82, 2.24) is 10.6 Å². The number of rotatable bonds is 9. The van der Waals surface area contributed by atoms with E-state index in [0.717, 1.165) is 22.6 Å². The molecule has 0 aliphatic rings. The van der Waals surface area contributed by atoms with Gasteiger partial charge in [-0.05, 0) is 61.7 Å². The van der Waals surface area contributed by atoms with Crippen LogP contribution in [0.4, 0.5) is 10.5 Å². The summed E-state index contributed by atoms with van der Waals surface area (Å²) in [4.78, 5) is 23.9. The van der Waals surface area contributed by atoms with Crippen molar-refractivity contribution in [2.24, 2.45) is 0 Å². The molecule has 0 unspecified atom stereocenters. The monoisotopic (exact) mass is 399 g/mol. The molecular formula is C22H29N3O4. The van der Waals surface area contributed by atoms with Crippen molar-refractivity contribution in [3.05, 3.63) is 53.6 Å². The first-order chi connectivity index (χ1) is 13.9. The minimum Gasteiger partial charge on any atom is -0.497 e. The topological polar surface area (TPSA) is 88.7 Å². The molecule has 0 aliphatic heterocycles. The Morgan fingerprint density at radius 3 is 2.34 bits per heavy atom. The summed E-state index contributed by atoms with van der Waals surface area (Å²) in [6.45, 7) is 4.22. The van der Waals surface area contributed by atoms with Crippen molar-refractivity contribution in [3.8, 4) is 11.5 Å². The first-order valence-electron chi connectivity index (χ1n) is 9.55. The van der Waals surface area contributed by atoms with Crippen LogP contribution in [0.2, 0.25) is 0 Å². The maximum Gasteiger partial charge on any atom is 0.319 e. The molecule has 7 heteroatoms. The molecule has 3 N–H and O–H groups in total. The van der Waals surface area contributed by atoms with Gasteiger partial charge in [0.05, 0.1) is 14.2 Å². The van der Waals surface area contributed by atoms with Crippen LogP contribution >= 0.6 is 0 Å². The van der Waals surface area contributed by atoms with E-state index in [-0.39, 0.29) is 18.0 Å². The van der Waals surface area contributed by atoms with Crippen molar-refractivity contribution in [2.75, 3.05) is 19.5 Å². The summed E-state index contributed by atoms with van der Waals surface area (Å²) in [5.41, 5.74) is 2.58. The van der Waals surface area contributed by atoms with E-state index in [1.54, 1.807) is 14.2 Å². The third-order valence-corrected chi connectivity index (χ3v) is 4.23. The van der Waals surface area contributed by atoms with Gasteiger partial charge in [0.2, 0.25) is 5.91 Å². The van der Waals surface area contributed by atoms with E-state index in [1.165, 1.54) is 0 Å². The molecule has 0 fully saturated rings. The number of methoxy groups -OCH3 is 2. The fourth-order valence-electron chi connectivity index (χ4n) is 2.75. The zero-order chi connectivity index (χ0) is 21.2. The highest BCUT2D eigenvalue weighted by Crippen LogP contribution is 2.25. The molecule has 0 atom stereocenters. The average molecular weight is 399 g/mol. The third kappa shape index (κ3) is 7.37. The molecule has 29 heavy (non-hydrogen) atoms. The molecular weight excluding hydrogens is 370 g/mol. The third-order valence-electron chi connectivity index (χ3n) is 4.23. The second kappa shape index (κ2) is 10.9. The molecule has 0 spiro atoms. The minimum absolute atomic E-state index is 0.0478. The number of hydrogen-bond donors (Lipinski definition) is 3. The van der Waals surface area contributed by atoms with E-state index in [1.807, 2.05) is 56.3 Å². The van der Waals surface area contributed by atoms with E-state index in [0.29, 0.717) is 25.1 Å². The summed E-state index contributed by atoms with van der Waals surface area (Å²) in [6, 6.07) is 12.7. The summed E-state index contributed by atoms with van der Waals surface area (Å²) >= 11 is 0. The Morgan fingerprint density at radius 1 is 1.00 bits per heavy atom. The van der Waals surface area contributed by atoms with Crippen LogP contribution in [0, 0.1) is 0 Å². The van der Waals surface area contributed by atoms with E-state index < -0.39 is 0 Å². The summed E-state index contributed by atoms with van der Waals surface area (Å²) in [6.07, 6.45) is 0.901. The van der Waals surface area contributed by atoms with Gasteiger partial charge in [0, 0.05) is 24.7 Å². The lowest BCUT2D eigenvalue weighted by molar-refractivity contribution is -0.121. The lowest BCUT2D eigenvalue weighted by atomic mass is 10.1. The zero-order valence-corrected chi connectivity index (χ0v) is 17.4. The molecule has 2 aromatic carbocycles. The van der Waals surface area contributed by atoms with Crippen molar-refractivity contribution in [3.63, 3.8) is 0 Å². The first-order valence-corrected chi connectivity index (χ1v) is 9.55. The molecule has 2 aromatic rings. The van der Waals surface area contributed by atoms with Crippen LogP contribution < -0.4 is 25.4 Å². The molecule has 0 radical (unpaired) electrons. The van der Waals surface area contributed by atoms with Crippen molar-refractivity contribution < 1.29 is 19.1 Å². The number of hydrogen-bond acceptors (Lipinski definition) is 4. The SMILES string of the molecule is COc1ccc(OC)c(CCC(=O)NCc2ccc(NC(=O)NC(C)C)cc2)c1. The highest BCUT2D eigenvalue weighted by molar-refractivity contribution is 5.89. The molecule has 0 aromatic heterocycles. The van der Waals surface area contributed by atoms with Gasteiger partial charge in [0.15, 0.2) is 0 Å². The first kappa shape index (κ1) is 22.1. The highest BCUT2D eigenvalue weighted by Gasteiger charge is 2.09. The van der Waals surface area contributed by atoms with Crippen LogP contribution in [0.5, 0.6) is 11.5 Å². The van der Waals surface area contributed by atoms with Gasteiger partial charge in [0.1, 0.15) is 11.5 Å². The van der Waals surface area contributed by atoms with Gasteiger partial charge in [-0.3, -0.25) is 4.79 Å². The molecule has 0 bridgehead atoms. The van der Waals surface area contributed by atoms with Gasteiger partial charge in [0.25, 0.3) is 0 Å². The Kier molecular flexibility index (Phi) is 8.33. The fraction of sp³-hybridized carbons (Fsp3) is 0.364. The number of anilines is 1. The van der Waals surface area contributed by atoms with Gasteiger partial charge in [-0.15, -0.1) is 0 Å². The molecule has 0 saturated carbocycles. The molecule has 0 saturated heterocycles. The summed E-state index contributed by atoms with van der Waals surface area (Å²) in [5.74, 6) is 1.42. The minimum atomic E-state index is -0.242. The second-order valence-electron chi connectivity index (χ2n) is 6.90. The molecule has 0 aliphatic carbocycles. The number of nitrogens with one attached hydrogen (secondary N) is 3. The number of ether oxygens (including phenoxy) is 2. The number of urea groups is 1. The smallest absolute Gasteiger partial charge is 0.319 e. The van der Waals surface area contributed by atoms with Gasteiger partial charge in [-0.25, -0.2) is 4.79 Å². The molecule has 0 heterocycles. The van der Waals surface area contributed by atoms with Crippen LogP contribution in [0.3, 0.4) is 0 Å². The largest absolute Gasteiger partial charge is 0.497 e. The van der Waals surface area contributed by atoms with E-state index >= 15 is 0 Å². The van der Waals surface area contributed by atoms with E-state index in [4.69, 9.17) is 9.47 Å². The summed E-state index contributed by atoms with van der Waals surface area (Å²) < 4.78 is 10.6.